The third kappa shape index (κ3) is 4.15. The number of benzene rings is 2. The Labute approximate surface area is 157 Å². The van der Waals surface area contributed by atoms with Crippen molar-refractivity contribution in [2.45, 2.75) is 26.4 Å². The van der Waals surface area contributed by atoms with Crippen LogP contribution in [0.15, 0.2) is 59.0 Å². The van der Waals surface area contributed by atoms with E-state index in [1.165, 1.54) is 17.2 Å². The molecular formula is C21H20ClNO3. The Morgan fingerprint density at radius 3 is 2.58 bits per heavy atom. The van der Waals surface area contributed by atoms with Crippen molar-refractivity contribution in [3.8, 4) is 11.3 Å². The zero-order valence-electron chi connectivity index (χ0n) is 14.6. The van der Waals surface area contributed by atoms with Crippen molar-refractivity contribution < 1.29 is 14.3 Å². The van der Waals surface area contributed by atoms with Gasteiger partial charge in [0.05, 0.1) is 17.1 Å². The van der Waals surface area contributed by atoms with Gasteiger partial charge in [-0.15, -0.1) is 0 Å². The number of aryl methyl sites for hydroxylation is 1. The van der Waals surface area contributed by atoms with Gasteiger partial charge in [0.25, 0.3) is 0 Å². The standard InChI is InChI=1S/C21H20ClNO3/c1-13-3-5-15(6-4-13)14(2)23-12-17-8-10-20(26-17)16-7-9-19(22)18(11-16)21(24)25/h3-11,14,23H,12H2,1-2H3,(H,24,25). The van der Waals surface area contributed by atoms with Crippen LogP contribution in [0.25, 0.3) is 11.3 Å². The van der Waals surface area contributed by atoms with E-state index in [1.807, 2.05) is 12.1 Å². The summed E-state index contributed by atoms with van der Waals surface area (Å²) in [4.78, 5) is 11.2. The number of carboxylic acids is 1. The number of aromatic carboxylic acids is 1. The lowest BCUT2D eigenvalue weighted by molar-refractivity contribution is 0.0697. The van der Waals surface area contributed by atoms with Gasteiger partial charge in [0, 0.05) is 11.6 Å². The van der Waals surface area contributed by atoms with E-state index in [4.69, 9.17) is 16.0 Å². The van der Waals surface area contributed by atoms with Gasteiger partial charge >= 0.3 is 5.97 Å². The van der Waals surface area contributed by atoms with Gasteiger partial charge in [-0.3, -0.25) is 0 Å². The van der Waals surface area contributed by atoms with Gasteiger partial charge in [0.1, 0.15) is 11.5 Å². The first-order chi connectivity index (χ1) is 12.4. The molecule has 1 heterocycles. The van der Waals surface area contributed by atoms with Gasteiger partial charge in [-0.2, -0.15) is 0 Å². The first kappa shape index (κ1) is 18.2. The summed E-state index contributed by atoms with van der Waals surface area (Å²) < 4.78 is 5.85. The molecule has 1 atom stereocenters. The molecule has 2 N–H and O–H groups in total. The van der Waals surface area contributed by atoms with Crippen molar-refractivity contribution in [3.63, 3.8) is 0 Å². The molecule has 0 radical (unpaired) electrons. The largest absolute Gasteiger partial charge is 0.478 e. The molecule has 0 saturated heterocycles. The fraction of sp³-hybridized carbons (Fsp3) is 0.190. The SMILES string of the molecule is Cc1ccc(C(C)NCc2ccc(-c3ccc(Cl)c(C(=O)O)c3)o2)cc1. The van der Waals surface area contributed by atoms with Crippen molar-refractivity contribution in [3.05, 3.63) is 82.1 Å². The van der Waals surface area contributed by atoms with Crippen LogP contribution in [0.3, 0.4) is 0 Å². The average Bonchev–Trinajstić information content (AvgIpc) is 3.09. The summed E-state index contributed by atoms with van der Waals surface area (Å²) in [6.45, 7) is 4.75. The molecule has 4 nitrogen and oxygen atoms in total. The zero-order chi connectivity index (χ0) is 18.7. The third-order valence-corrected chi connectivity index (χ3v) is 4.63. The number of hydrogen-bond donors (Lipinski definition) is 2. The summed E-state index contributed by atoms with van der Waals surface area (Å²) in [6.07, 6.45) is 0. The highest BCUT2D eigenvalue weighted by atomic mass is 35.5. The minimum Gasteiger partial charge on any atom is -0.478 e. The molecule has 2 aromatic carbocycles. The summed E-state index contributed by atoms with van der Waals surface area (Å²) in [6, 6.07) is 17.2. The van der Waals surface area contributed by atoms with Crippen LogP contribution in [-0.4, -0.2) is 11.1 Å². The number of furan rings is 1. The van der Waals surface area contributed by atoms with Crippen molar-refractivity contribution in [1.82, 2.24) is 5.32 Å². The lowest BCUT2D eigenvalue weighted by Crippen LogP contribution is -2.17. The molecule has 3 rings (SSSR count). The number of halogens is 1. The molecule has 0 aliphatic heterocycles. The summed E-state index contributed by atoms with van der Waals surface area (Å²) in [5, 5.41) is 12.8. The predicted octanol–water partition coefficient (Wildman–Crippen LogP) is 5.46. The topological polar surface area (TPSA) is 62.5 Å². The van der Waals surface area contributed by atoms with Crippen molar-refractivity contribution in [2.24, 2.45) is 0 Å². The van der Waals surface area contributed by atoms with Crippen LogP contribution >= 0.6 is 11.6 Å². The van der Waals surface area contributed by atoms with Crippen molar-refractivity contribution in [2.75, 3.05) is 0 Å². The Morgan fingerprint density at radius 2 is 1.88 bits per heavy atom. The molecule has 3 aromatic rings. The molecule has 1 aromatic heterocycles. The maximum atomic E-state index is 11.2. The monoisotopic (exact) mass is 369 g/mol. The lowest BCUT2D eigenvalue weighted by Gasteiger charge is -2.13. The van der Waals surface area contributed by atoms with Gasteiger partial charge in [0.2, 0.25) is 0 Å². The van der Waals surface area contributed by atoms with E-state index in [1.54, 1.807) is 12.1 Å². The Balaban J connectivity index is 1.69. The van der Waals surface area contributed by atoms with E-state index < -0.39 is 5.97 Å². The fourth-order valence-corrected chi connectivity index (χ4v) is 2.90. The maximum Gasteiger partial charge on any atom is 0.337 e. The van der Waals surface area contributed by atoms with E-state index in [2.05, 4.69) is 43.4 Å². The zero-order valence-corrected chi connectivity index (χ0v) is 15.4. The molecule has 5 heteroatoms. The molecule has 1 unspecified atom stereocenters. The highest BCUT2D eigenvalue weighted by Crippen LogP contribution is 2.27. The average molecular weight is 370 g/mol. The van der Waals surface area contributed by atoms with Gasteiger partial charge in [-0.1, -0.05) is 41.4 Å². The molecule has 0 aliphatic carbocycles. The van der Waals surface area contributed by atoms with Crippen LogP contribution < -0.4 is 5.32 Å². The molecule has 0 bridgehead atoms. The number of carboxylic acid groups (broad SMARTS) is 1. The van der Waals surface area contributed by atoms with Crippen molar-refractivity contribution >= 4 is 17.6 Å². The molecule has 0 spiro atoms. The predicted molar refractivity (Wildman–Crippen MR) is 103 cm³/mol. The number of nitrogens with one attached hydrogen (secondary N) is 1. The second kappa shape index (κ2) is 7.77. The van der Waals surface area contributed by atoms with Crippen molar-refractivity contribution in [1.29, 1.82) is 0 Å². The van der Waals surface area contributed by atoms with Gasteiger partial charge < -0.3 is 14.8 Å². The second-order valence-electron chi connectivity index (χ2n) is 6.28. The van der Waals surface area contributed by atoms with Crippen LogP contribution in [0.2, 0.25) is 5.02 Å². The summed E-state index contributed by atoms with van der Waals surface area (Å²) in [5.41, 5.74) is 3.20. The molecule has 0 aliphatic rings. The van der Waals surface area contributed by atoms with Crippen LogP contribution in [0, 0.1) is 6.92 Å². The Kier molecular flexibility index (Phi) is 5.45. The maximum absolute atomic E-state index is 11.2. The van der Waals surface area contributed by atoms with Crippen LogP contribution in [0.4, 0.5) is 0 Å². The first-order valence-electron chi connectivity index (χ1n) is 8.36. The normalized spacial score (nSPS) is 12.1. The highest BCUT2D eigenvalue weighted by Gasteiger charge is 2.13. The van der Waals surface area contributed by atoms with E-state index in [-0.39, 0.29) is 16.6 Å². The minimum absolute atomic E-state index is 0.0632. The van der Waals surface area contributed by atoms with Gasteiger partial charge in [0.15, 0.2) is 0 Å². The first-order valence-corrected chi connectivity index (χ1v) is 8.73. The van der Waals surface area contributed by atoms with Crippen LogP contribution in [-0.2, 0) is 6.54 Å². The molecule has 0 saturated carbocycles. The molecule has 134 valence electrons. The Bertz CT molecular complexity index is 915. The third-order valence-electron chi connectivity index (χ3n) is 4.30. The molecule has 0 fully saturated rings. The van der Waals surface area contributed by atoms with Crippen LogP contribution in [0.5, 0.6) is 0 Å². The molecule has 26 heavy (non-hydrogen) atoms. The smallest absolute Gasteiger partial charge is 0.337 e. The van der Waals surface area contributed by atoms with Gasteiger partial charge in [-0.25, -0.2) is 4.79 Å². The van der Waals surface area contributed by atoms with E-state index in [0.29, 0.717) is 17.9 Å². The summed E-state index contributed by atoms with van der Waals surface area (Å²) in [5.74, 6) is 0.340. The lowest BCUT2D eigenvalue weighted by atomic mass is 10.1. The second-order valence-corrected chi connectivity index (χ2v) is 6.69. The number of carbonyl (C=O) groups is 1. The Hall–Kier alpha value is -2.56. The Morgan fingerprint density at radius 1 is 1.15 bits per heavy atom. The highest BCUT2D eigenvalue weighted by molar-refractivity contribution is 6.33. The molecular weight excluding hydrogens is 350 g/mol. The minimum atomic E-state index is -1.06. The summed E-state index contributed by atoms with van der Waals surface area (Å²) >= 11 is 5.91. The fourth-order valence-electron chi connectivity index (χ4n) is 2.70. The van der Waals surface area contributed by atoms with Crippen LogP contribution in [0.1, 0.15) is 40.2 Å². The number of hydrogen-bond acceptors (Lipinski definition) is 3. The number of rotatable bonds is 6. The molecule has 0 amide bonds. The van der Waals surface area contributed by atoms with E-state index >= 15 is 0 Å². The quantitative estimate of drug-likeness (QED) is 0.605. The van der Waals surface area contributed by atoms with E-state index in [9.17, 15) is 9.90 Å². The van der Waals surface area contributed by atoms with E-state index in [0.717, 1.165) is 5.76 Å². The summed E-state index contributed by atoms with van der Waals surface area (Å²) in [7, 11) is 0. The van der Waals surface area contributed by atoms with Gasteiger partial charge in [-0.05, 0) is 49.7 Å².